The minimum Gasteiger partial charge on any atom is -0.323 e. The van der Waals surface area contributed by atoms with Crippen molar-refractivity contribution in [2.75, 3.05) is 7.05 Å². The number of nitrogens with zero attached hydrogens (tertiary/aromatic N) is 2. The van der Waals surface area contributed by atoms with Crippen LogP contribution in [0.25, 0.3) is 0 Å². The van der Waals surface area contributed by atoms with Crippen molar-refractivity contribution in [2.45, 2.75) is 95.5 Å². The van der Waals surface area contributed by atoms with Crippen molar-refractivity contribution < 1.29 is 4.79 Å². The van der Waals surface area contributed by atoms with Gasteiger partial charge in [-0.15, -0.1) is 0 Å². The average Bonchev–Trinajstić information content (AvgIpc) is 2.71. The van der Waals surface area contributed by atoms with Crippen LogP contribution in [0.3, 0.4) is 0 Å². The lowest BCUT2D eigenvalue weighted by Gasteiger charge is -2.49. The quantitative estimate of drug-likeness (QED) is 0.864. The molecule has 2 bridgehead atoms. The molecule has 0 radical (unpaired) electrons. The largest absolute Gasteiger partial charge is 0.323 e. The van der Waals surface area contributed by atoms with Gasteiger partial charge in [-0.3, -0.25) is 10.1 Å². The zero-order chi connectivity index (χ0) is 15.0. The summed E-state index contributed by atoms with van der Waals surface area (Å²) in [6.45, 7) is 4.36. The van der Waals surface area contributed by atoms with Gasteiger partial charge in [-0.25, -0.2) is 0 Å². The highest BCUT2D eigenvalue weighted by atomic mass is 16.2. The number of hydrogen-bond donors (Lipinski definition) is 1. The van der Waals surface area contributed by atoms with E-state index in [2.05, 4.69) is 36.0 Å². The van der Waals surface area contributed by atoms with Gasteiger partial charge in [0.05, 0.1) is 12.2 Å². The van der Waals surface area contributed by atoms with Crippen LogP contribution in [0.15, 0.2) is 0 Å². The van der Waals surface area contributed by atoms with Gasteiger partial charge in [-0.05, 0) is 46.1 Å². The first-order chi connectivity index (χ1) is 10.1. The molecule has 0 spiro atoms. The van der Waals surface area contributed by atoms with Crippen molar-refractivity contribution in [2.24, 2.45) is 0 Å². The second-order valence-electron chi connectivity index (χ2n) is 7.31. The Hall–Kier alpha value is -0.610. The highest BCUT2D eigenvalue weighted by Gasteiger charge is 2.45. The molecule has 3 heterocycles. The van der Waals surface area contributed by atoms with Crippen LogP contribution in [-0.4, -0.2) is 53.1 Å². The lowest BCUT2D eigenvalue weighted by atomic mass is 9.81. The van der Waals surface area contributed by atoms with Crippen LogP contribution in [0.4, 0.5) is 0 Å². The van der Waals surface area contributed by atoms with Gasteiger partial charge >= 0.3 is 0 Å². The first-order valence-corrected chi connectivity index (χ1v) is 8.92. The van der Waals surface area contributed by atoms with Crippen LogP contribution >= 0.6 is 0 Å². The van der Waals surface area contributed by atoms with Gasteiger partial charge in [0.1, 0.15) is 0 Å². The third-order valence-corrected chi connectivity index (χ3v) is 5.97. The van der Waals surface area contributed by atoms with Crippen LogP contribution in [0.1, 0.15) is 65.2 Å². The van der Waals surface area contributed by atoms with Crippen molar-refractivity contribution in [1.29, 1.82) is 0 Å². The molecule has 3 aliphatic heterocycles. The lowest BCUT2D eigenvalue weighted by molar-refractivity contribution is -0.134. The summed E-state index contributed by atoms with van der Waals surface area (Å²) in [5.74, 6) is 0.364. The summed E-state index contributed by atoms with van der Waals surface area (Å²) in [6, 6.07) is 1.91. The number of amides is 1. The number of nitrogens with one attached hydrogen (secondary N) is 1. The number of carbonyl (C=O) groups excluding carboxylic acids is 1. The lowest BCUT2D eigenvalue weighted by Crippen LogP contribution is -2.57. The number of fused-ring (bicyclic) bond motifs is 2. The number of carbonyl (C=O) groups is 1. The molecule has 0 aromatic heterocycles. The predicted octanol–water partition coefficient (Wildman–Crippen LogP) is 2.34. The number of rotatable bonds is 4. The molecule has 0 aromatic rings. The molecule has 120 valence electrons. The fraction of sp³-hybridized carbons (Fsp3) is 0.941. The topological polar surface area (TPSA) is 35.6 Å². The summed E-state index contributed by atoms with van der Waals surface area (Å²) in [4.78, 5) is 17.5. The van der Waals surface area contributed by atoms with E-state index in [4.69, 9.17) is 0 Å². The number of piperidine rings is 2. The maximum absolute atomic E-state index is 12.8. The van der Waals surface area contributed by atoms with Crippen molar-refractivity contribution in [3.8, 4) is 0 Å². The molecule has 3 saturated heterocycles. The minimum absolute atomic E-state index is 0.0689. The van der Waals surface area contributed by atoms with Gasteiger partial charge in [0.15, 0.2) is 0 Å². The van der Waals surface area contributed by atoms with E-state index in [0.717, 1.165) is 19.3 Å². The Morgan fingerprint density at radius 1 is 1.19 bits per heavy atom. The Morgan fingerprint density at radius 2 is 1.86 bits per heavy atom. The van der Waals surface area contributed by atoms with E-state index in [1.54, 1.807) is 0 Å². The first kappa shape index (κ1) is 15.3. The number of hydrogen-bond acceptors (Lipinski definition) is 3. The van der Waals surface area contributed by atoms with Crippen molar-refractivity contribution >= 4 is 5.91 Å². The Balaban J connectivity index is 1.67. The maximum atomic E-state index is 12.8. The van der Waals surface area contributed by atoms with Crippen LogP contribution in [0.2, 0.25) is 0 Å². The van der Waals surface area contributed by atoms with E-state index in [1.165, 1.54) is 32.1 Å². The van der Waals surface area contributed by atoms with E-state index in [1.807, 2.05) is 0 Å². The van der Waals surface area contributed by atoms with E-state index in [-0.39, 0.29) is 12.2 Å². The Bertz CT molecular complexity index is 372. The molecule has 4 unspecified atom stereocenters. The second-order valence-corrected chi connectivity index (χ2v) is 7.31. The van der Waals surface area contributed by atoms with E-state index >= 15 is 0 Å². The maximum Gasteiger partial charge on any atom is 0.241 e. The van der Waals surface area contributed by atoms with Gasteiger partial charge in [0.25, 0.3) is 0 Å². The molecule has 3 fully saturated rings. The van der Waals surface area contributed by atoms with Crippen LogP contribution < -0.4 is 5.32 Å². The molecule has 4 nitrogen and oxygen atoms in total. The van der Waals surface area contributed by atoms with E-state index in [0.29, 0.717) is 24.0 Å². The molecule has 1 amide bonds. The Morgan fingerprint density at radius 3 is 2.48 bits per heavy atom. The Kier molecular flexibility index (Phi) is 4.55. The summed E-state index contributed by atoms with van der Waals surface area (Å²) >= 11 is 0. The third kappa shape index (κ3) is 2.85. The van der Waals surface area contributed by atoms with Crippen LogP contribution in [-0.2, 0) is 4.79 Å². The van der Waals surface area contributed by atoms with Gasteiger partial charge in [-0.1, -0.05) is 26.2 Å². The van der Waals surface area contributed by atoms with E-state index in [9.17, 15) is 4.79 Å². The molecule has 3 aliphatic rings. The molecule has 4 heteroatoms. The van der Waals surface area contributed by atoms with E-state index < -0.39 is 0 Å². The number of unbranched alkanes of at least 4 members (excludes halogenated alkanes) is 1. The molecule has 0 aliphatic carbocycles. The van der Waals surface area contributed by atoms with Gasteiger partial charge in [0.2, 0.25) is 5.91 Å². The minimum atomic E-state index is 0.0689. The van der Waals surface area contributed by atoms with Gasteiger partial charge in [-0.2, -0.15) is 0 Å². The molecule has 3 rings (SSSR count). The molecule has 4 atom stereocenters. The monoisotopic (exact) mass is 293 g/mol. The highest BCUT2D eigenvalue weighted by Crippen LogP contribution is 2.36. The zero-order valence-electron chi connectivity index (χ0n) is 13.8. The fourth-order valence-corrected chi connectivity index (χ4v) is 4.74. The summed E-state index contributed by atoms with van der Waals surface area (Å²) in [6.07, 6.45) is 9.85. The second kappa shape index (κ2) is 6.25. The van der Waals surface area contributed by atoms with Crippen LogP contribution in [0, 0.1) is 0 Å². The zero-order valence-corrected chi connectivity index (χ0v) is 13.8. The highest BCUT2D eigenvalue weighted by molar-refractivity contribution is 5.84. The fourth-order valence-electron chi connectivity index (χ4n) is 4.74. The smallest absolute Gasteiger partial charge is 0.241 e. The SMILES string of the molecule is CCCCC1NC(C)N(C2CC3CCCC(C2)N3C)C1=O. The summed E-state index contributed by atoms with van der Waals surface area (Å²) < 4.78 is 0. The van der Waals surface area contributed by atoms with Gasteiger partial charge < -0.3 is 9.80 Å². The van der Waals surface area contributed by atoms with Crippen molar-refractivity contribution in [1.82, 2.24) is 15.1 Å². The molecular formula is C17H31N3O. The normalized spacial score (nSPS) is 40.8. The molecule has 1 N–H and O–H groups in total. The molecule has 0 aromatic carbocycles. The van der Waals surface area contributed by atoms with Crippen molar-refractivity contribution in [3.05, 3.63) is 0 Å². The summed E-state index contributed by atoms with van der Waals surface area (Å²) in [7, 11) is 2.28. The summed E-state index contributed by atoms with van der Waals surface area (Å²) in [5.41, 5.74) is 0. The van der Waals surface area contributed by atoms with Gasteiger partial charge in [0, 0.05) is 18.1 Å². The molecule has 21 heavy (non-hydrogen) atoms. The average molecular weight is 293 g/mol. The predicted molar refractivity (Wildman–Crippen MR) is 85.0 cm³/mol. The first-order valence-electron chi connectivity index (χ1n) is 8.92. The Labute approximate surface area is 129 Å². The molecule has 0 saturated carbocycles. The summed E-state index contributed by atoms with van der Waals surface area (Å²) in [5, 5.41) is 3.53. The standard InChI is InChI=1S/C17H31N3O/c1-4-5-9-16-17(21)20(12(2)18-16)15-10-13-7-6-8-14(11-15)19(13)3/h12-16,18H,4-11H2,1-3H3. The molecular weight excluding hydrogens is 262 g/mol. The third-order valence-electron chi connectivity index (χ3n) is 5.97. The van der Waals surface area contributed by atoms with Crippen LogP contribution in [0.5, 0.6) is 0 Å². The van der Waals surface area contributed by atoms with Crippen molar-refractivity contribution in [3.63, 3.8) is 0 Å².